The monoisotopic (exact) mass is 265 g/mol. The molecule has 0 fully saturated rings. The van der Waals surface area contributed by atoms with Crippen LogP contribution in [0.4, 0.5) is 17.1 Å². The van der Waals surface area contributed by atoms with E-state index in [1.54, 1.807) is 18.2 Å². The van der Waals surface area contributed by atoms with Gasteiger partial charge in [-0.05, 0) is 18.2 Å². The molecule has 9 heteroatoms. The van der Waals surface area contributed by atoms with Gasteiger partial charge in [0.2, 0.25) is 0 Å². The van der Waals surface area contributed by atoms with Gasteiger partial charge in [0.05, 0.1) is 18.0 Å². The summed E-state index contributed by atoms with van der Waals surface area (Å²) in [7, 11) is -4.67. The molecule has 98 valence electrons. The predicted octanol–water partition coefficient (Wildman–Crippen LogP) is -0.398. The molecular formula is C8H15N3O5S. The van der Waals surface area contributed by atoms with Crippen molar-refractivity contribution >= 4 is 27.5 Å². The summed E-state index contributed by atoms with van der Waals surface area (Å²) < 4.78 is 31.6. The van der Waals surface area contributed by atoms with Crippen molar-refractivity contribution in [1.29, 1.82) is 0 Å². The minimum atomic E-state index is -4.67. The highest BCUT2D eigenvalue weighted by Gasteiger charge is 1.97. The summed E-state index contributed by atoms with van der Waals surface area (Å²) in [5.41, 5.74) is 13.2. The lowest BCUT2D eigenvalue weighted by atomic mass is 10.2. The number of hydrogen-bond acceptors (Lipinski definition) is 6. The third-order valence-electron chi connectivity index (χ3n) is 1.50. The molecule has 0 aromatic heterocycles. The van der Waals surface area contributed by atoms with Crippen LogP contribution in [0.25, 0.3) is 0 Å². The second-order valence-electron chi connectivity index (χ2n) is 2.94. The molecule has 17 heavy (non-hydrogen) atoms. The second-order valence-corrected chi connectivity index (χ2v) is 3.84. The van der Waals surface area contributed by atoms with E-state index in [-0.39, 0.29) is 6.61 Å². The van der Waals surface area contributed by atoms with E-state index >= 15 is 0 Å². The Morgan fingerprint density at radius 3 is 2.24 bits per heavy atom. The first-order valence-corrected chi connectivity index (χ1v) is 5.83. The second kappa shape index (κ2) is 6.91. The maximum absolute atomic E-state index is 8.74. The summed E-state index contributed by atoms with van der Waals surface area (Å²) in [6, 6.07) is 5.21. The average molecular weight is 265 g/mol. The van der Waals surface area contributed by atoms with E-state index in [9.17, 15) is 0 Å². The molecule has 0 bridgehead atoms. The normalized spacial score (nSPS) is 10.3. The van der Waals surface area contributed by atoms with Crippen LogP contribution in [0, 0.1) is 0 Å². The predicted molar refractivity (Wildman–Crippen MR) is 65.0 cm³/mol. The largest absolute Gasteiger partial charge is 0.399 e. The number of hydrogen-bond donors (Lipinski definition) is 6. The smallest absolute Gasteiger partial charge is 0.394 e. The molecule has 1 aromatic rings. The molecule has 8 nitrogen and oxygen atoms in total. The van der Waals surface area contributed by atoms with E-state index in [2.05, 4.69) is 5.32 Å². The first-order valence-electron chi connectivity index (χ1n) is 4.43. The number of benzene rings is 1. The maximum Gasteiger partial charge on any atom is 0.394 e. The van der Waals surface area contributed by atoms with Crippen LogP contribution in [0.1, 0.15) is 0 Å². The van der Waals surface area contributed by atoms with Gasteiger partial charge in [0.25, 0.3) is 0 Å². The molecule has 0 spiro atoms. The maximum atomic E-state index is 8.74. The van der Waals surface area contributed by atoms with Crippen LogP contribution in [-0.4, -0.2) is 35.8 Å². The van der Waals surface area contributed by atoms with E-state index in [1.807, 2.05) is 0 Å². The third kappa shape index (κ3) is 9.38. The number of nitrogens with two attached hydrogens (primary N) is 2. The summed E-state index contributed by atoms with van der Waals surface area (Å²) in [4.78, 5) is 0. The molecule has 0 atom stereocenters. The van der Waals surface area contributed by atoms with E-state index in [0.717, 1.165) is 5.69 Å². The van der Waals surface area contributed by atoms with Gasteiger partial charge in [-0.25, -0.2) is 0 Å². The van der Waals surface area contributed by atoms with Crippen molar-refractivity contribution in [2.75, 3.05) is 29.9 Å². The minimum Gasteiger partial charge on any atom is -0.399 e. The molecule has 0 aliphatic carbocycles. The highest BCUT2D eigenvalue weighted by atomic mass is 32.3. The van der Waals surface area contributed by atoms with Crippen LogP contribution >= 0.6 is 0 Å². The lowest BCUT2D eigenvalue weighted by Gasteiger charge is -2.07. The number of aliphatic hydroxyl groups excluding tert-OH is 1. The van der Waals surface area contributed by atoms with Gasteiger partial charge in [0.15, 0.2) is 0 Å². The van der Waals surface area contributed by atoms with Gasteiger partial charge in [-0.3, -0.25) is 9.11 Å². The Morgan fingerprint density at radius 1 is 1.24 bits per heavy atom. The van der Waals surface area contributed by atoms with E-state index < -0.39 is 10.4 Å². The van der Waals surface area contributed by atoms with Crippen molar-refractivity contribution in [2.45, 2.75) is 0 Å². The zero-order chi connectivity index (χ0) is 13.5. The molecule has 0 unspecified atom stereocenters. The molecule has 0 aliphatic rings. The van der Waals surface area contributed by atoms with E-state index in [1.165, 1.54) is 0 Å². The third-order valence-corrected chi connectivity index (χ3v) is 1.50. The van der Waals surface area contributed by atoms with Gasteiger partial charge >= 0.3 is 10.4 Å². The molecule has 0 saturated carbocycles. The highest BCUT2D eigenvalue weighted by Crippen LogP contribution is 2.20. The Kier molecular flexibility index (Phi) is 6.28. The molecule has 0 saturated heterocycles. The number of aliphatic hydroxyl groups is 1. The van der Waals surface area contributed by atoms with Crippen LogP contribution in [0.2, 0.25) is 0 Å². The highest BCUT2D eigenvalue weighted by molar-refractivity contribution is 7.79. The number of anilines is 3. The SMILES string of the molecule is Nc1ccc(N)c(NCCO)c1.O=S(=O)(O)O. The fraction of sp³-hybridized carbons (Fsp3) is 0.250. The Hall–Kier alpha value is -1.55. The van der Waals surface area contributed by atoms with Gasteiger partial charge < -0.3 is 21.9 Å². The van der Waals surface area contributed by atoms with Gasteiger partial charge in [-0.15, -0.1) is 0 Å². The zero-order valence-electron chi connectivity index (χ0n) is 8.87. The van der Waals surface area contributed by atoms with Gasteiger partial charge in [0, 0.05) is 12.2 Å². The standard InChI is InChI=1S/C8H13N3O.H2O4S/c9-6-1-2-7(10)8(5-6)11-3-4-12;1-5(2,3)4/h1-2,5,11-12H,3-4,9-10H2;(H2,1,2,3,4). The molecule has 8 N–H and O–H groups in total. The molecule has 1 aromatic carbocycles. The Balaban J connectivity index is 0.000000437. The first kappa shape index (κ1) is 15.4. The van der Waals surface area contributed by atoms with Crippen molar-refractivity contribution in [3.8, 4) is 0 Å². The van der Waals surface area contributed by atoms with Crippen molar-refractivity contribution < 1.29 is 22.6 Å². The number of nitrogens with one attached hydrogen (secondary N) is 1. The summed E-state index contributed by atoms with van der Waals surface area (Å²) in [5.74, 6) is 0. The van der Waals surface area contributed by atoms with Crippen LogP contribution in [0.3, 0.4) is 0 Å². The van der Waals surface area contributed by atoms with Crippen molar-refractivity contribution in [3.63, 3.8) is 0 Å². The Bertz CT molecular complexity index is 440. The Morgan fingerprint density at radius 2 is 1.76 bits per heavy atom. The summed E-state index contributed by atoms with van der Waals surface area (Å²) in [5, 5.41) is 11.5. The molecule has 0 radical (unpaired) electrons. The topological polar surface area (TPSA) is 159 Å². The number of rotatable bonds is 3. The van der Waals surface area contributed by atoms with Crippen molar-refractivity contribution in [2.24, 2.45) is 0 Å². The van der Waals surface area contributed by atoms with Gasteiger partial charge in [-0.2, -0.15) is 8.42 Å². The van der Waals surface area contributed by atoms with E-state index in [4.69, 9.17) is 34.1 Å². The molecule has 0 heterocycles. The lowest BCUT2D eigenvalue weighted by Crippen LogP contribution is -2.07. The van der Waals surface area contributed by atoms with Crippen LogP contribution in [0.5, 0.6) is 0 Å². The lowest BCUT2D eigenvalue weighted by molar-refractivity contribution is 0.311. The fourth-order valence-electron chi connectivity index (χ4n) is 0.918. The summed E-state index contributed by atoms with van der Waals surface area (Å²) in [6.07, 6.45) is 0. The Labute approximate surface area is 98.8 Å². The van der Waals surface area contributed by atoms with Gasteiger partial charge in [0.1, 0.15) is 0 Å². The molecule has 1 rings (SSSR count). The molecule has 0 amide bonds. The fourth-order valence-corrected chi connectivity index (χ4v) is 0.918. The van der Waals surface area contributed by atoms with Crippen LogP contribution in [0.15, 0.2) is 18.2 Å². The molecular weight excluding hydrogens is 250 g/mol. The van der Waals surface area contributed by atoms with Crippen molar-refractivity contribution in [1.82, 2.24) is 0 Å². The van der Waals surface area contributed by atoms with Crippen LogP contribution < -0.4 is 16.8 Å². The molecule has 0 aliphatic heterocycles. The minimum absolute atomic E-state index is 0.0776. The zero-order valence-corrected chi connectivity index (χ0v) is 9.68. The quantitative estimate of drug-likeness (QED) is 0.318. The van der Waals surface area contributed by atoms with Gasteiger partial charge in [-0.1, -0.05) is 0 Å². The summed E-state index contributed by atoms with van der Waals surface area (Å²) in [6.45, 7) is 0.557. The van der Waals surface area contributed by atoms with E-state index in [0.29, 0.717) is 17.9 Å². The van der Waals surface area contributed by atoms with Crippen LogP contribution in [-0.2, 0) is 10.4 Å². The number of nitrogen functional groups attached to an aromatic ring is 2. The van der Waals surface area contributed by atoms with Crippen molar-refractivity contribution in [3.05, 3.63) is 18.2 Å². The first-order chi connectivity index (χ1) is 7.74. The average Bonchev–Trinajstić information content (AvgIpc) is 2.17. The summed E-state index contributed by atoms with van der Waals surface area (Å²) >= 11 is 0.